The van der Waals surface area contributed by atoms with Gasteiger partial charge in [0.15, 0.2) is 0 Å². The molecule has 0 unspecified atom stereocenters. The standard InChI is InChI=1S/C20H24/c1-15-11-13-19(17-7-3-4-8-17)20(14-12-16(15)2)18-9-5-6-10-18/h3-20H,1-2H3/t15-,16-,19-,20+/m1/s1. The molecular weight excluding hydrogens is 240 g/mol. The molecule has 20 heavy (non-hydrogen) atoms. The van der Waals surface area contributed by atoms with Crippen LogP contribution in [0.1, 0.15) is 13.8 Å². The maximum absolute atomic E-state index is 2.47. The van der Waals surface area contributed by atoms with Gasteiger partial charge in [0.25, 0.3) is 0 Å². The molecule has 0 aromatic heterocycles. The summed E-state index contributed by atoms with van der Waals surface area (Å²) in [7, 11) is 0. The van der Waals surface area contributed by atoms with Crippen LogP contribution in [0.25, 0.3) is 0 Å². The summed E-state index contributed by atoms with van der Waals surface area (Å²) in [6, 6.07) is 0. The van der Waals surface area contributed by atoms with E-state index in [2.05, 4.69) is 86.8 Å². The van der Waals surface area contributed by atoms with Gasteiger partial charge >= 0.3 is 0 Å². The first kappa shape index (κ1) is 13.4. The number of hydrogen-bond acceptors (Lipinski definition) is 0. The number of rotatable bonds is 2. The van der Waals surface area contributed by atoms with Gasteiger partial charge in [-0.05, 0) is 23.7 Å². The average Bonchev–Trinajstić information content (AvgIpc) is 3.12. The molecule has 4 atom stereocenters. The van der Waals surface area contributed by atoms with Crippen LogP contribution in [0.4, 0.5) is 0 Å². The Balaban J connectivity index is 1.92. The van der Waals surface area contributed by atoms with Gasteiger partial charge in [-0.2, -0.15) is 0 Å². The molecule has 0 aliphatic heterocycles. The van der Waals surface area contributed by atoms with Gasteiger partial charge < -0.3 is 0 Å². The third-order valence-corrected chi connectivity index (χ3v) is 4.99. The van der Waals surface area contributed by atoms with Gasteiger partial charge in [-0.25, -0.2) is 0 Å². The van der Waals surface area contributed by atoms with Gasteiger partial charge in [0.1, 0.15) is 0 Å². The zero-order valence-electron chi connectivity index (χ0n) is 12.4. The van der Waals surface area contributed by atoms with E-state index in [-0.39, 0.29) is 0 Å². The molecule has 0 amide bonds. The van der Waals surface area contributed by atoms with E-state index < -0.39 is 0 Å². The van der Waals surface area contributed by atoms with Crippen LogP contribution in [0, 0.1) is 35.5 Å². The van der Waals surface area contributed by atoms with Crippen molar-refractivity contribution in [2.24, 2.45) is 35.5 Å². The van der Waals surface area contributed by atoms with E-state index >= 15 is 0 Å². The second-order valence-electron chi connectivity index (χ2n) is 6.34. The molecule has 0 bridgehead atoms. The first-order valence-electron chi connectivity index (χ1n) is 7.82. The molecule has 0 aromatic carbocycles. The van der Waals surface area contributed by atoms with Crippen LogP contribution >= 0.6 is 0 Å². The predicted octanol–water partition coefficient (Wildman–Crippen LogP) is 5.10. The zero-order valence-corrected chi connectivity index (χ0v) is 12.4. The lowest BCUT2D eigenvalue weighted by Crippen LogP contribution is -2.24. The van der Waals surface area contributed by atoms with Crippen LogP contribution in [-0.4, -0.2) is 0 Å². The minimum absolute atomic E-state index is 0.545. The summed E-state index contributed by atoms with van der Waals surface area (Å²) in [4.78, 5) is 0. The van der Waals surface area contributed by atoms with Crippen LogP contribution in [0.5, 0.6) is 0 Å². The van der Waals surface area contributed by atoms with Gasteiger partial charge in [-0.15, -0.1) is 0 Å². The Kier molecular flexibility index (Phi) is 3.91. The van der Waals surface area contributed by atoms with Crippen molar-refractivity contribution in [2.45, 2.75) is 13.8 Å². The highest BCUT2D eigenvalue weighted by Gasteiger charge is 2.30. The molecule has 3 aliphatic rings. The molecule has 104 valence electrons. The third kappa shape index (κ3) is 2.65. The van der Waals surface area contributed by atoms with E-state index in [1.807, 2.05) is 0 Å². The first-order chi connectivity index (χ1) is 9.75. The van der Waals surface area contributed by atoms with Crippen LogP contribution in [-0.2, 0) is 0 Å². The molecule has 3 rings (SSSR count). The average molecular weight is 264 g/mol. The lowest BCUT2D eigenvalue weighted by atomic mass is 9.73. The Morgan fingerprint density at radius 2 is 0.800 bits per heavy atom. The van der Waals surface area contributed by atoms with Gasteiger partial charge in [-0.3, -0.25) is 0 Å². The van der Waals surface area contributed by atoms with Crippen molar-refractivity contribution in [3.05, 3.63) is 72.9 Å². The summed E-state index contributed by atoms with van der Waals surface area (Å²) in [6.07, 6.45) is 27.9. The largest absolute Gasteiger partial charge is 0.0848 e. The summed E-state index contributed by atoms with van der Waals surface area (Å²) in [6.45, 7) is 4.64. The molecular formula is C20H24. The Labute approximate surface area is 123 Å². The van der Waals surface area contributed by atoms with Crippen LogP contribution in [0.3, 0.4) is 0 Å². The Bertz CT molecular complexity index is 440. The molecule has 0 heterocycles. The molecule has 0 nitrogen and oxygen atoms in total. The highest BCUT2D eigenvalue weighted by Crippen LogP contribution is 2.38. The minimum Gasteiger partial charge on any atom is -0.0848 e. The van der Waals surface area contributed by atoms with Crippen molar-refractivity contribution in [1.82, 2.24) is 0 Å². The minimum atomic E-state index is 0.545. The van der Waals surface area contributed by atoms with Crippen LogP contribution < -0.4 is 0 Å². The smallest absolute Gasteiger partial charge is 0.00216 e. The van der Waals surface area contributed by atoms with E-state index in [1.165, 1.54) is 0 Å². The van der Waals surface area contributed by atoms with Crippen molar-refractivity contribution in [3.63, 3.8) is 0 Å². The molecule has 0 aromatic rings. The van der Waals surface area contributed by atoms with E-state index in [0.717, 1.165) is 0 Å². The van der Waals surface area contributed by atoms with Crippen molar-refractivity contribution < 1.29 is 0 Å². The lowest BCUT2D eigenvalue weighted by molar-refractivity contribution is 0.367. The lowest BCUT2D eigenvalue weighted by Gasteiger charge is -2.31. The fourth-order valence-corrected chi connectivity index (χ4v) is 3.40. The summed E-state index contributed by atoms with van der Waals surface area (Å²) in [5, 5.41) is 0. The summed E-state index contributed by atoms with van der Waals surface area (Å²) < 4.78 is 0. The molecule has 0 spiro atoms. The van der Waals surface area contributed by atoms with Crippen molar-refractivity contribution in [2.75, 3.05) is 0 Å². The third-order valence-electron chi connectivity index (χ3n) is 4.99. The van der Waals surface area contributed by atoms with Crippen LogP contribution in [0.2, 0.25) is 0 Å². The molecule has 3 aliphatic carbocycles. The molecule has 0 N–H and O–H groups in total. The fraction of sp³-hybridized carbons (Fsp3) is 0.400. The molecule has 0 fully saturated rings. The summed E-state index contributed by atoms with van der Waals surface area (Å²) >= 11 is 0. The second kappa shape index (κ2) is 5.83. The van der Waals surface area contributed by atoms with Crippen molar-refractivity contribution in [1.29, 1.82) is 0 Å². The zero-order chi connectivity index (χ0) is 13.9. The Morgan fingerprint density at radius 1 is 0.450 bits per heavy atom. The van der Waals surface area contributed by atoms with Gasteiger partial charge in [-0.1, -0.05) is 86.8 Å². The quantitative estimate of drug-likeness (QED) is 0.609. The molecule has 0 radical (unpaired) electrons. The second-order valence-corrected chi connectivity index (χ2v) is 6.34. The normalized spacial score (nSPS) is 36.9. The number of allylic oxidation sites excluding steroid dienone is 12. The summed E-state index contributed by atoms with van der Waals surface area (Å²) in [5.74, 6) is 3.47. The fourth-order valence-electron chi connectivity index (χ4n) is 3.40. The van der Waals surface area contributed by atoms with E-state index in [4.69, 9.17) is 0 Å². The Morgan fingerprint density at radius 3 is 1.15 bits per heavy atom. The SMILES string of the molecule is C[C@@H]1C=C[C@H](C2C=CC=C2)[C@H](C2C=CC=C2)C=C[C@H]1C. The van der Waals surface area contributed by atoms with Crippen molar-refractivity contribution in [3.8, 4) is 0 Å². The molecule has 0 saturated carbocycles. The maximum atomic E-state index is 2.47. The summed E-state index contributed by atoms with van der Waals surface area (Å²) in [5.41, 5.74) is 0. The first-order valence-corrected chi connectivity index (χ1v) is 7.82. The maximum Gasteiger partial charge on any atom is 0.00216 e. The monoisotopic (exact) mass is 264 g/mol. The van der Waals surface area contributed by atoms with Crippen LogP contribution in [0.15, 0.2) is 72.9 Å². The van der Waals surface area contributed by atoms with E-state index in [9.17, 15) is 0 Å². The highest BCUT2D eigenvalue weighted by molar-refractivity contribution is 5.27. The van der Waals surface area contributed by atoms with Gasteiger partial charge in [0, 0.05) is 11.8 Å². The molecule has 0 heteroatoms. The molecule has 0 saturated heterocycles. The predicted molar refractivity (Wildman–Crippen MR) is 87.1 cm³/mol. The number of hydrogen-bond donors (Lipinski definition) is 0. The van der Waals surface area contributed by atoms with Gasteiger partial charge in [0.05, 0.1) is 0 Å². The highest BCUT2D eigenvalue weighted by atomic mass is 14.3. The van der Waals surface area contributed by atoms with Gasteiger partial charge in [0.2, 0.25) is 0 Å². The van der Waals surface area contributed by atoms with E-state index in [1.54, 1.807) is 0 Å². The topological polar surface area (TPSA) is 0 Å². The van der Waals surface area contributed by atoms with E-state index in [0.29, 0.717) is 35.5 Å². The Hall–Kier alpha value is -1.56. The van der Waals surface area contributed by atoms with Crippen molar-refractivity contribution >= 4 is 0 Å².